The summed E-state index contributed by atoms with van der Waals surface area (Å²) in [6.45, 7) is 0.0846. The number of aromatic nitrogens is 1. The van der Waals surface area contributed by atoms with Gasteiger partial charge in [-0.1, -0.05) is 42.1 Å². The van der Waals surface area contributed by atoms with Crippen molar-refractivity contribution in [2.45, 2.75) is 10.1 Å². The molecule has 0 spiro atoms. The number of para-hydroxylation sites is 2. The van der Waals surface area contributed by atoms with Crippen molar-refractivity contribution in [1.29, 1.82) is 0 Å². The third-order valence-corrected chi connectivity index (χ3v) is 5.62. The summed E-state index contributed by atoms with van der Waals surface area (Å²) in [6.07, 6.45) is 0. The largest absolute Gasteiger partial charge is 0.483 e. The van der Waals surface area contributed by atoms with Crippen LogP contribution in [0.2, 0.25) is 0 Å². The van der Waals surface area contributed by atoms with E-state index in [1.165, 1.54) is 4.70 Å². The van der Waals surface area contributed by atoms with Gasteiger partial charge in [-0.15, -0.1) is 11.3 Å². The second kappa shape index (κ2) is 8.84. The lowest BCUT2D eigenvalue weighted by atomic mass is 10.2. The van der Waals surface area contributed by atoms with E-state index in [1.54, 1.807) is 23.1 Å². The summed E-state index contributed by atoms with van der Waals surface area (Å²) >= 11 is 3.33. The Bertz CT molecular complexity index is 818. The number of carbonyl (C=O) groups is 1. The predicted octanol–water partition coefficient (Wildman–Crippen LogP) is 3.08. The summed E-state index contributed by atoms with van der Waals surface area (Å²) in [5, 5.41) is 11.3. The third-order valence-electron chi connectivity index (χ3n) is 3.39. The molecule has 1 heterocycles. The Labute approximate surface area is 154 Å². The van der Waals surface area contributed by atoms with Crippen LogP contribution in [0.25, 0.3) is 10.2 Å². The van der Waals surface area contributed by atoms with Crippen LogP contribution >= 0.6 is 23.1 Å². The molecule has 5 nitrogen and oxygen atoms in total. The highest BCUT2D eigenvalue weighted by molar-refractivity contribution is 8.00. The van der Waals surface area contributed by atoms with Crippen molar-refractivity contribution >= 4 is 39.2 Å². The predicted molar refractivity (Wildman–Crippen MR) is 101 cm³/mol. The molecule has 0 unspecified atom stereocenters. The van der Waals surface area contributed by atoms with E-state index in [1.807, 2.05) is 42.5 Å². The maximum absolute atomic E-state index is 11.6. The number of hydrogen-bond acceptors (Lipinski definition) is 6. The number of amides is 1. The minimum Gasteiger partial charge on any atom is -0.483 e. The number of thiazole rings is 1. The second-order valence-corrected chi connectivity index (χ2v) is 7.46. The molecule has 7 heteroatoms. The standard InChI is InChI=1S/C18H18N2O3S2/c21-10-9-19-17(22)11-23-15-7-3-1-5-13(15)12-24-18-20-14-6-2-4-8-16(14)25-18/h1-8,21H,9-12H2,(H,19,22). The number of aliphatic hydroxyl groups excluding tert-OH is 1. The molecular weight excluding hydrogens is 356 g/mol. The van der Waals surface area contributed by atoms with E-state index in [0.29, 0.717) is 11.5 Å². The van der Waals surface area contributed by atoms with Gasteiger partial charge in [0.1, 0.15) is 5.75 Å². The average molecular weight is 374 g/mol. The lowest BCUT2D eigenvalue weighted by Crippen LogP contribution is -2.31. The molecule has 0 bridgehead atoms. The molecule has 0 radical (unpaired) electrons. The molecule has 0 saturated carbocycles. The topological polar surface area (TPSA) is 71.5 Å². The van der Waals surface area contributed by atoms with Crippen LogP contribution in [-0.2, 0) is 10.5 Å². The number of hydrogen-bond donors (Lipinski definition) is 2. The number of benzene rings is 2. The van der Waals surface area contributed by atoms with Crippen molar-refractivity contribution in [2.75, 3.05) is 19.8 Å². The van der Waals surface area contributed by atoms with Crippen LogP contribution in [0.3, 0.4) is 0 Å². The number of aliphatic hydroxyl groups is 1. The molecule has 0 aliphatic heterocycles. The van der Waals surface area contributed by atoms with E-state index in [0.717, 1.165) is 15.4 Å². The summed E-state index contributed by atoms with van der Waals surface area (Å²) in [5.74, 6) is 1.16. The first kappa shape index (κ1) is 17.7. The van der Waals surface area contributed by atoms with Crippen molar-refractivity contribution in [3.05, 3.63) is 54.1 Å². The minimum atomic E-state index is -0.248. The van der Waals surface area contributed by atoms with Crippen LogP contribution in [0, 0.1) is 0 Å². The summed E-state index contributed by atoms with van der Waals surface area (Å²) < 4.78 is 7.81. The molecule has 3 aromatic rings. The van der Waals surface area contributed by atoms with Crippen molar-refractivity contribution in [1.82, 2.24) is 10.3 Å². The molecule has 0 saturated heterocycles. The highest BCUT2D eigenvalue weighted by atomic mass is 32.2. The van der Waals surface area contributed by atoms with Crippen LogP contribution < -0.4 is 10.1 Å². The van der Waals surface area contributed by atoms with Gasteiger partial charge in [-0.3, -0.25) is 4.79 Å². The van der Waals surface area contributed by atoms with Crippen molar-refractivity contribution < 1.29 is 14.6 Å². The van der Waals surface area contributed by atoms with Crippen LogP contribution in [0.15, 0.2) is 52.9 Å². The normalized spacial score (nSPS) is 10.8. The molecule has 3 rings (SSSR count). The molecule has 130 valence electrons. The Kier molecular flexibility index (Phi) is 6.27. The van der Waals surface area contributed by atoms with E-state index in [-0.39, 0.29) is 25.7 Å². The van der Waals surface area contributed by atoms with Gasteiger partial charge < -0.3 is 15.2 Å². The Morgan fingerprint density at radius 2 is 2.00 bits per heavy atom. The molecule has 0 aliphatic rings. The molecule has 0 aliphatic carbocycles. The maximum Gasteiger partial charge on any atom is 0.258 e. The molecule has 2 N–H and O–H groups in total. The van der Waals surface area contributed by atoms with Crippen LogP contribution in [-0.4, -0.2) is 35.8 Å². The summed E-state index contributed by atoms with van der Waals surface area (Å²) in [4.78, 5) is 16.2. The Morgan fingerprint density at radius 1 is 1.20 bits per heavy atom. The minimum absolute atomic E-state index is 0.0666. The molecule has 2 aromatic carbocycles. The second-order valence-electron chi connectivity index (χ2n) is 5.21. The molecule has 0 fully saturated rings. The zero-order valence-corrected chi connectivity index (χ0v) is 15.1. The number of nitrogens with zero attached hydrogens (tertiary/aromatic N) is 1. The first-order chi connectivity index (χ1) is 12.3. The van der Waals surface area contributed by atoms with Gasteiger partial charge in [-0.05, 0) is 18.2 Å². The highest BCUT2D eigenvalue weighted by Crippen LogP contribution is 2.33. The molecule has 1 amide bonds. The third kappa shape index (κ3) is 4.94. The number of fused-ring (bicyclic) bond motifs is 1. The first-order valence-electron chi connectivity index (χ1n) is 7.83. The fraction of sp³-hybridized carbons (Fsp3) is 0.222. The van der Waals surface area contributed by atoms with Gasteiger partial charge >= 0.3 is 0 Å². The maximum atomic E-state index is 11.6. The van der Waals surface area contributed by atoms with Gasteiger partial charge in [0.05, 0.1) is 16.8 Å². The number of ether oxygens (including phenoxy) is 1. The smallest absolute Gasteiger partial charge is 0.258 e. The lowest BCUT2D eigenvalue weighted by Gasteiger charge is -2.10. The lowest BCUT2D eigenvalue weighted by molar-refractivity contribution is -0.123. The summed E-state index contributed by atoms with van der Waals surface area (Å²) in [5.41, 5.74) is 2.03. The zero-order valence-electron chi connectivity index (χ0n) is 13.5. The SMILES string of the molecule is O=C(COc1ccccc1CSc1nc2ccccc2s1)NCCO. The zero-order chi connectivity index (χ0) is 17.5. The van der Waals surface area contributed by atoms with Gasteiger partial charge in [0.25, 0.3) is 5.91 Å². The van der Waals surface area contributed by atoms with Crippen molar-refractivity contribution in [2.24, 2.45) is 0 Å². The molecule has 1 aromatic heterocycles. The fourth-order valence-corrected chi connectivity index (χ4v) is 4.26. The molecular formula is C18H18N2O3S2. The quantitative estimate of drug-likeness (QED) is 0.593. The molecule has 0 atom stereocenters. The number of thioether (sulfide) groups is 1. The first-order valence-corrected chi connectivity index (χ1v) is 9.63. The fourth-order valence-electron chi connectivity index (χ4n) is 2.21. The van der Waals surface area contributed by atoms with Crippen molar-refractivity contribution in [3.63, 3.8) is 0 Å². The highest BCUT2D eigenvalue weighted by Gasteiger charge is 2.09. The Balaban J connectivity index is 1.61. The van der Waals surface area contributed by atoms with Crippen LogP contribution in [0.4, 0.5) is 0 Å². The number of carbonyl (C=O) groups excluding carboxylic acids is 1. The monoisotopic (exact) mass is 374 g/mol. The molecule has 25 heavy (non-hydrogen) atoms. The van der Waals surface area contributed by atoms with E-state index in [9.17, 15) is 4.79 Å². The Morgan fingerprint density at radius 3 is 2.84 bits per heavy atom. The van der Waals surface area contributed by atoms with E-state index >= 15 is 0 Å². The van der Waals surface area contributed by atoms with Gasteiger partial charge in [-0.2, -0.15) is 0 Å². The van der Waals surface area contributed by atoms with Crippen LogP contribution in [0.5, 0.6) is 5.75 Å². The summed E-state index contributed by atoms with van der Waals surface area (Å²) in [6, 6.07) is 15.8. The van der Waals surface area contributed by atoms with E-state index in [4.69, 9.17) is 9.84 Å². The van der Waals surface area contributed by atoms with Gasteiger partial charge in [0.15, 0.2) is 10.9 Å². The number of rotatable bonds is 8. The Hall–Kier alpha value is -2.09. The van der Waals surface area contributed by atoms with E-state index in [2.05, 4.69) is 16.4 Å². The van der Waals surface area contributed by atoms with Gasteiger partial charge in [0, 0.05) is 17.9 Å². The van der Waals surface area contributed by atoms with Gasteiger partial charge in [-0.25, -0.2) is 4.98 Å². The van der Waals surface area contributed by atoms with Crippen molar-refractivity contribution in [3.8, 4) is 5.75 Å². The number of nitrogens with one attached hydrogen (secondary N) is 1. The van der Waals surface area contributed by atoms with Gasteiger partial charge in [0.2, 0.25) is 0 Å². The van der Waals surface area contributed by atoms with E-state index < -0.39 is 0 Å². The average Bonchev–Trinajstić information content (AvgIpc) is 3.06. The van der Waals surface area contributed by atoms with Crippen LogP contribution in [0.1, 0.15) is 5.56 Å². The summed E-state index contributed by atoms with van der Waals surface area (Å²) in [7, 11) is 0.